The summed E-state index contributed by atoms with van der Waals surface area (Å²) in [6, 6.07) is 6.06. The summed E-state index contributed by atoms with van der Waals surface area (Å²) >= 11 is 0. The Morgan fingerprint density at radius 2 is 2.33 bits per heavy atom. The van der Waals surface area contributed by atoms with Crippen LogP contribution in [0.3, 0.4) is 0 Å². The number of urea groups is 1. The van der Waals surface area contributed by atoms with Gasteiger partial charge in [0.15, 0.2) is 0 Å². The van der Waals surface area contributed by atoms with Gasteiger partial charge in [0.05, 0.1) is 19.3 Å². The molecule has 1 aliphatic rings. The van der Waals surface area contributed by atoms with Crippen LogP contribution >= 0.6 is 0 Å². The highest BCUT2D eigenvalue weighted by molar-refractivity contribution is 5.75. The summed E-state index contributed by atoms with van der Waals surface area (Å²) in [6.07, 6.45) is 6.82. The van der Waals surface area contributed by atoms with Crippen LogP contribution in [0.1, 0.15) is 42.0 Å². The number of amides is 2. The smallest absolute Gasteiger partial charge is 0.318 e. The second kappa shape index (κ2) is 7.38. The van der Waals surface area contributed by atoms with E-state index in [1.54, 1.807) is 13.3 Å². The lowest BCUT2D eigenvalue weighted by atomic mass is 9.98. The highest BCUT2D eigenvalue weighted by Gasteiger charge is 2.28. The monoisotopic (exact) mass is 328 g/mol. The number of benzene rings is 1. The molecule has 0 saturated carbocycles. The van der Waals surface area contributed by atoms with Crippen molar-refractivity contribution in [3.05, 3.63) is 47.3 Å². The zero-order valence-electron chi connectivity index (χ0n) is 14.2. The fourth-order valence-electron chi connectivity index (χ4n) is 3.23. The number of nitrogens with zero attached hydrogens (tertiary/aromatic N) is 2. The number of aromatic amines is 1. The highest BCUT2D eigenvalue weighted by Crippen LogP contribution is 2.30. The lowest BCUT2D eigenvalue weighted by Gasteiger charge is -2.35. The number of hydrogen-bond donors (Lipinski definition) is 2. The average molecular weight is 328 g/mol. The van der Waals surface area contributed by atoms with Crippen molar-refractivity contribution in [1.29, 1.82) is 0 Å². The Kier molecular flexibility index (Phi) is 5.03. The first-order chi connectivity index (χ1) is 11.7. The van der Waals surface area contributed by atoms with E-state index in [1.807, 2.05) is 36.2 Å². The minimum absolute atomic E-state index is 0.0384. The van der Waals surface area contributed by atoms with Crippen LogP contribution in [-0.2, 0) is 6.54 Å². The topological polar surface area (TPSA) is 70.2 Å². The molecule has 0 bridgehead atoms. The van der Waals surface area contributed by atoms with E-state index < -0.39 is 0 Å². The summed E-state index contributed by atoms with van der Waals surface area (Å²) in [6.45, 7) is 3.25. The Labute approximate surface area is 142 Å². The van der Waals surface area contributed by atoms with Gasteiger partial charge in [0.1, 0.15) is 5.75 Å². The number of H-pyrrole nitrogens is 1. The quantitative estimate of drug-likeness (QED) is 0.905. The molecule has 6 heteroatoms. The molecular formula is C18H24N4O2. The Hall–Kier alpha value is -2.50. The number of likely N-dealkylation sites (tertiary alicyclic amines) is 1. The number of carbonyl (C=O) groups excluding carboxylic acids is 1. The highest BCUT2D eigenvalue weighted by atomic mass is 16.5. The van der Waals surface area contributed by atoms with Gasteiger partial charge in [0.25, 0.3) is 0 Å². The molecule has 0 spiro atoms. The third-order valence-electron chi connectivity index (χ3n) is 4.54. The molecule has 2 aromatic rings. The molecule has 1 aromatic carbocycles. The maximum absolute atomic E-state index is 12.7. The number of nitrogens with one attached hydrogen (secondary N) is 2. The minimum Gasteiger partial charge on any atom is -0.496 e. The SMILES string of the molecule is COc1cc(C)ccc1CNC(=O)N1CCCC[C@@H]1c1cn[nH]c1. The zero-order valence-corrected chi connectivity index (χ0v) is 14.2. The van der Waals surface area contributed by atoms with Crippen LogP contribution in [0.25, 0.3) is 0 Å². The Balaban J connectivity index is 1.67. The first-order valence-electron chi connectivity index (χ1n) is 8.35. The molecule has 24 heavy (non-hydrogen) atoms. The minimum atomic E-state index is -0.0384. The maximum atomic E-state index is 12.7. The summed E-state index contributed by atoms with van der Waals surface area (Å²) in [5.41, 5.74) is 3.18. The molecule has 1 aliphatic heterocycles. The van der Waals surface area contributed by atoms with Crippen molar-refractivity contribution in [3.63, 3.8) is 0 Å². The number of methoxy groups -OCH3 is 1. The molecule has 3 rings (SSSR count). The van der Waals surface area contributed by atoms with Crippen LogP contribution in [0.4, 0.5) is 4.79 Å². The molecule has 1 saturated heterocycles. The summed E-state index contributed by atoms with van der Waals surface area (Å²) in [5.74, 6) is 0.806. The van der Waals surface area contributed by atoms with Crippen molar-refractivity contribution in [3.8, 4) is 5.75 Å². The van der Waals surface area contributed by atoms with Crippen LogP contribution < -0.4 is 10.1 Å². The van der Waals surface area contributed by atoms with E-state index in [-0.39, 0.29) is 12.1 Å². The number of carbonyl (C=O) groups is 1. The van der Waals surface area contributed by atoms with Crippen LogP contribution in [0, 0.1) is 6.92 Å². The van der Waals surface area contributed by atoms with Crippen molar-refractivity contribution < 1.29 is 9.53 Å². The third kappa shape index (κ3) is 3.53. The first-order valence-corrected chi connectivity index (χ1v) is 8.35. The molecule has 6 nitrogen and oxygen atoms in total. The number of hydrogen-bond acceptors (Lipinski definition) is 3. The van der Waals surface area contributed by atoms with E-state index in [0.717, 1.165) is 48.2 Å². The molecule has 2 amide bonds. The molecule has 1 atom stereocenters. The van der Waals surface area contributed by atoms with Crippen molar-refractivity contribution in [2.24, 2.45) is 0 Å². The van der Waals surface area contributed by atoms with Gasteiger partial charge in [-0.05, 0) is 37.8 Å². The summed E-state index contributed by atoms with van der Waals surface area (Å²) in [4.78, 5) is 14.6. The van der Waals surface area contributed by atoms with Gasteiger partial charge < -0.3 is 15.0 Å². The molecule has 0 aliphatic carbocycles. The van der Waals surface area contributed by atoms with E-state index in [1.165, 1.54) is 0 Å². The standard InChI is InChI=1S/C18H24N4O2/c1-13-6-7-14(17(9-13)24-2)10-19-18(23)22-8-4-3-5-16(22)15-11-20-21-12-15/h6-7,9,11-12,16H,3-5,8,10H2,1-2H3,(H,19,23)(H,20,21)/t16-/m1/s1. The largest absolute Gasteiger partial charge is 0.496 e. The Morgan fingerprint density at radius 1 is 1.46 bits per heavy atom. The van der Waals surface area contributed by atoms with E-state index in [9.17, 15) is 4.79 Å². The summed E-state index contributed by atoms with van der Waals surface area (Å²) < 4.78 is 5.41. The van der Waals surface area contributed by atoms with Crippen molar-refractivity contribution >= 4 is 6.03 Å². The fraction of sp³-hybridized carbons (Fsp3) is 0.444. The Bertz CT molecular complexity index is 684. The molecule has 2 heterocycles. The molecule has 128 valence electrons. The van der Waals surface area contributed by atoms with Gasteiger partial charge in [-0.15, -0.1) is 0 Å². The molecule has 0 unspecified atom stereocenters. The van der Waals surface area contributed by atoms with Crippen molar-refractivity contribution in [1.82, 2.24) is 20.4 Å². The van der Waals surface area contributed by atoms with E-state index in [0.29, 0.717) is 6.54 Å². The average Bonchev–Trinajstić information content (AvgIpc) is 3.14. The van der Waals surface area contributed by atoms with Crippen molar-refractivity contribution in [2.45, 2.75) is 38.8 Å². The predicted octanol–water partition coefficient (Wildman–Crippen LogP) is 3.16. The third-order valence-corrected chi connectivity index (χ3v) is 4.54. The molecular weight excluding hydrogens is 304 g/mol. The molecule has 1 fully saturated rings. The van der Waals surface area contributed by atoms with Crippen LogP contribution in [0.5, 0.6) is 5.75 Å². The Morgan fingerprint density at radius 3 is 3.08 bits per heavy atom. The lowest BCUT2D eigenvalue weighted by molar-refractivity contribution is 0.151. The van der Waals surface area contributed by atoms with E-state index >= 15 is 0 Å². The number of rotatable bonds is 4. The van der Waals surface area contributed by atoms with Gasteiger partial charge in [-0.25, -0.2) is 4.79 Å². The molecule has 0 radical (unpaired) electrons. The second-order valence-electron chi connectivity index (χ2n) is 6.21. The van der Waals surface area contributed by atoms with Gasteiger partial charge >= 0.3 is 6.03 Å². The van der Waals surface area contributed by atoms with Gasteiger partial charge in [0.2, 0.25) is 0 Å². The van der Waals surface area contributed by atoms with Gasteiger partial charge in [-0.3, -0.25) is 5.10 Å². The molecule has 1 aromatic heterocycles. The number of piperidine rings is 1. The van der Waals surface area contributed by atoms with Crippen LogP contribution in [-0.4, -0.2) is 34.8 Å². The van der Waals surface area contributed by atoms with E-state index in [4.69, 9.17) is 4.74 Å². The summed E-state index contributed by atoms with van der Waals surface area (Å²) in [7, 11) is 1.65. The predicted molar refractivity (Wildman–Crippen MR) is 91.9 cm³/mol. The number of aryl methyl sites for hydroxylation is 1. The first kappa shape index (κ1) is 16.4. The van der Waals surface area contributed by atoms with Gasteiger partial charge in [0, 0.05) is 30.4 Å². The lowest BCUT2D eigenvalue weighted by Crippen LogP contribution is -2.44. The van der Waals surface area contributed by atoms with Crippen LogP contribution in [0.2, 0.25) is 0 Å². The van der Waals surface area contributed by atoms with Crippen molar-refractivity contribution in [2.75, 3.05) is 13.7 Å². The normalized spacial score (nSPS) is 17.6. The van der Waals surface area contributed by atoms with Crippen LogP contribution in [0.15, 0.2) is 30.6 Å². The molecule has 2 N–H and O–H groups in total. The summed E-state index contributed by atoms with van der Waals surface area (Å²) in [5, 5.41) is 9.89. The van der Waals surface area contributed by atoms with E-state index in [2.05, 4.69) is 15.5 Å². The maximum Gasteiger partial charge on any atom is 0.318 e. The van der Waals surface area contributed by atoms with Gasteiger partial charge in [-0.2, -0.15) is 5.10 Å². The zero-order chi connectivity index (χ0) is 16.9. The number of aromatic nitrogens is 2. The second-order valence-corrected chi connectivity index (χ2v) is 6.21. The fourth-order valence-corrected chi connectivity index (χ4v) is 3.23. The number of ether oxygens (including phenoxy) is 1. The van der Waals surface area contributed by atoms with Gasteiger partial charge in [-0.1, -0.05) is 12.1 Å².